The summed E-state index contributed by atoms with van der Waals surface area (Å²) < 4.78 is 4.80. The van der Waals surface area contributed by atoms with Crippen molar-refractivity contribution in [3.63, 3.8) is 0 Å². The Balaban J connectivity index is 3.15. The molecule has 0 aromatic rings. The van der Waals surface area contributed by atoms with Gasteiger partial charge >= 0.3 is 5.97 Å². The minimum absolute atomic E-state index is 0.213. The van der Waals surface area contributed by atoms with Crippen molar-refractivity contribution in [3.05, 3.63) is 24.3 Å². The summed E-state index contributed by atoms with van der Waals surface area (Å²) in [5.74, 6) is -0.213. The molecule has 2 nitrogen and oxygen atoms in total. The summed E-state index contributed by atoms with van der Waals surface area (Å²) in [5.41, 5.74) is 0. The largest absolute Gasteiger partial charge is 0.462 e. The van der Waals surface area contributed by atoms with E-state index >= 15 is 0 Å². The normalized spacial score (nSPS) is 11.4. The molecule has 0 fully saturated rings. The fourth-order valence-corrected chi connectivity index (χ4v) is 1.61. The van der Waals surface area contributed by atoms with Crippen molar-refractivity contribution >= 4 is 5.97 Å². The SMILES string of the molecule is CCCC/C=C/CCCCC/C=C/COC(C)=O. The molecule has 0 spiro atoms. The summed E-state index contributed by atoms with van der Waals surface area (Å²) in [6.45, 7) is 4.07. The average Bonchev–Trinajstić information content (AvgIpc) is 2.34. The van der Waals surface area contributed by atoms with Crippen LogP contribution in [-0.4, -0.2) is 12.6 Å². The average molecular weight is 252 g/mol. The molecule has 0 rings (SSSR count). The Kier molecular flexibility index (Phi) is 13.2. The third kappa shape index (κ3) is 14.9. The number of ether oxygens (including phenoxy) is 1. The van der Waals surface area contributed by atoms with Crippen LogP contribution < -0.4 is 0 Å². The van der Waals surface area contributed by atoms with E-state index in [0.29, 0.717) is 6.61 Å². The van der Waals surface area contributed by atoms with Crippen molar-refractivity contribution in [2.24, 2.45) is 0 Å². The summed E-state index contributed by atoms with van der Waals surface area (Å²) in [6, 6.07) is 0. The first kappa shape index (κ1) is 16.9. The molecule has 0 unspecified atom stereocenters. The minimum atomic E-state index is -0.213. The molecule has 2 heteroatoms. The molecule has 0 aromatic carbocycles. The van der Waals surface area contributed by atoms with Crippen LogP contribution in [0.3, 0.4) is 0 Å². The highest BCUT2D eigenvalue weighted by Crippen LogP contribution is 2.05. The number of hydrogen-bond donors (Lipinski definition) is 0. The molecule has 0 amide bonds. The first-order valence-corrected chi connectivity index (χ1v) is 7.20. The Morgan fingerprint density at radius 3 is 2.00 bits per heavy atom. The number of esters is 1. The van der Waals surface area contributed by atoms with Crippen LogP contribution in [0.1, 0.15) is 65.2 Å². The van der Waals surface area contributed by atoms with E-state index in [1.165, 1.54) is 51.9 Å². The number of rotatable bonds is 11. The first-order valence-electron chi connectivity index (χ1n) is 7.20. The van der Waals surface area contributed by atoms with E-state index in [4.69, 9.17) is 4.74 Å². The molecule has 0 saturated carbocycles. The van der Waals surface area contributed by atoms with E-state index in [2.05, 4.69) is 25.2 Å². The lowest BCUT2D eigenvalue weighted by atomic mass is 10.1. The van der Waals surface area contributed by atoms with Gasteiger partial charge in [0.2, 0.25) is 0 Å². The lowest BCUT2D eigenvalue weighted by molar-refractivity contribution is -0.139. The monoisotopic (exact) mass is 252 g/mol. The second-order valence-corrected chi connectivity index (χ2v) is 4.53. The Labute approximate surface area is 112 Å². The Morgan fingerprint density at radius 1 is 0.889 bits per heavy atom. The predicted octanol–water partition coefficient (Wildman–Crippen LogP) is 4.80. The molecular weight excluding hydrogens is 224 g/mol. The molecule has 104 valence electrons. The number of carbonyl (C=O) groups is 1. The zero-order chi connectivity index (χ0) is 13.5. The molecule has 0 aliphatic heterocycles. The molecule has 0 heterocycles. The second kappa shape index (κ2) is 14.0. The Bertz CT molecular complexity index is 241. The Morgan fingerprint density at radius 2 is 1.44 bits per heavy atom. The smallest absolute Gasteiger partial charge is 0.302 e. The van der Waals surface area contributed by atoms with Gasteiger partial charge in [-0.25, -0.2) is 0 Å². The van der Waals surface area contributed by atoms with Crippen molar-refractivity contribution in [3.8, 4) is 0 Å². The lowest BCUT2D eigenvalue weighted by Crippen LogP contribution is -1.97. The van der Waals surface area contributed by atoms with E-state index in [0.717, 1.165) is 6.42 Å². The quantitative estimate of drug-likeness (QED) is 0.300. The lowest BCUT2D eigenvalue weighted by Gasteiger charge is -1.96. The first-order chi connectivity index (χ1) is 8.77. The van der Waals surface area contributed by atoms with Crippen molar-refractivity contribution in [1.29, 1.82) is 0 Å². The third-order valence-corrected chi connectivity index (χ3v) is 2.68. The molecule has 0 aliphatic rings. The summed E-state index contributed by atoms with van der Waals surface area (Å²) in [7, 11) is 0. The van der Waals surface area contributed by atoms with E-state index in [1.807, 2.05) is 6.08 Å². The maximum Gasteiger partial charge on any atom is 0.302 e. The zero-order valence-electron chi connectivity index (χ0n) is 12.0. The van der Waals surface area contributed by atoms with E-state index in [-0.39, 0.29) is 5.97 Å². The van der Waals surface area contributed by atoms with Gasteiger partial charge in [-0.3, -0.25) is 4.79 Å². The summed E-state index contributed by atoms with van der Waals surface area (Å²) in [5, 5.41) is 0. The van der Waals surface area contributed by atoms with Gasteiger partial charge in [0.25, 0.3) is 0 Å². The van der Waals surface area contributed by atoms with Gasteiger partial charge in [-0.15, -0.1) is 0 Å². The van der Waals surface area contributed by atoms with Gasteiger partial charge in [0.05, 0.1) is 0 Å². The number of allylic oxidation sites excluding steroid dienone is 3. The van der Waals surface area contributed by atoms with Gasteiger partial charge in [0, 0.05) is 6.92 Å². The van der Waals surface area contributed by atoms with Crippen LogP contribution >= 0.6 is 0 Å². The van der Waals surface area contributed by atoms with E-state index < -0.39 is 0 Å². The van der Waals surface area contributed by atoms with Gasteiger partial charge < -0.3 is 4.74 Å². The molecule has 0 atom stereocenters. The van der Waals surface area contributed by atoms with Crippen molar-refractivity contribution in [1.82, 2.24) is 0 Å². The molecule has 0 saturated heterocycles. The summed E-state index contributed by atoms with van der Waals surface area (Å²) in [4.78, 5) is 10.5. The third-order valence-electron chi connectivity index (χ3n) is 2.68. The van der Waals surface area contributed by atoms with Gasteiger partial charge in [-0.05, 0) is 32.1 Å². The van der Waals surface area contributed by atoms with Crippen molar-refractivity contribution in [2.45, 2.75) is 65.2 Å². The van der Waals surface area contributed by atoms with Crippen molar-refractivity contribution in [2.75, 3.05) is 6.61 Å². The number of carbonyl (C=O) groups excluding carboxylic acids is 1. The Hall–Kier alpha value is -1.05. The molecular formula is C16H28O2. The second-order valence-electron chi connectivity index (χ2n) is 4.53. The highest BCUT2D eigenvalue weighted by atomic mass is 16.5. The van der Waals surface area contributed by atoms with Crippen LogP contribution in [0.15, 0.2) is 24.3 Å². The van der Waals surface area contributed by atoms with E-state index in [1.54, 1.807) is 0 Å². The zero-order valence-corrected chi connectivity index (χ0v) is 12.0. The van der Waals surface area contributed by atoms with Crippen LogP contribution in [0.5, 0.6) is 0 Å². The molecule has 0 aromatic heterocycles. The molecule has 0 radical (unpaired) electrons. The van der Waals surface area contributed by atoms with Crippen LogP contribution in [-0.2, 0) is 9.53 Å². The molecule has 18 heavy (non-hydrogen) atoms. The fraction of sp³-hybridized carbons (Fsp3) is 0.688. The maximum absolute atomic E-state index is 10.5. The topological polar surface area (TPSA) is 26.3 Å². The van der Waals surface area contributed by atoms with Crippen LogP contribution in [0, 0.1) is 0 Å². The highest BCUT2D eigenvalue weighted by molar-refractivity contribution is 5.65. The summed E-state index contributed by atoms with van der Waals surface area (Å²) >= 11 is 0. The van der Waals surface area contributed by atoms with Crippen LogP contribution in [0.4, 0.5) is 0 Å². The maximum atomic E-state index is 10.5. The minimum Gasteiger partial charge on any atom is -0.462 e. The highest BCUT2D eigenvalue weighted by Gasteiger charge is 1.88. The number of hydrogen-bond acceptors (Lipinski definition) is 2. The molecule has 0 N–H and O–H groups in total. The fourth-order valence-electron chi connectivity index (χ4n) is 1.61. The van der Waals surface area contributed by atoms with Gasteiger partial charge in [-0.2, -0.15) is 0 Å². The van der Waals surface area contributed by atoms with Crippen LogP contribution in [0.25, 0.3) is 0 Å². The van der Waals surface area contributed by atoms with E-state index in [9.17, 15) is 4.79 Å². The number of unbranched alkanes of at least 4 members (excludes halogenated alkanes) is 6. The van der Waals surface area contributed by atoms with Gasteiger partial charge in [-0.1, -0.05) is 50.5 Å². The molecule has 0 bridgehead atoms. The predicted molar refractivity (Wildman–Crippen MR) is 77.5 cm³/mol. The van der Waals surface area contributed by atoms with Gasteiger partial charge in [0.1, 0.15) is 6.61 Å². The van der Waals surface area contributed by atoms with Crippen LogP contribution in [0.2, 0.25) is 0 Å². The van der Waals surface area contributed by atoms with Gasteiger partial charge in [0.15, 0.2) is 0 Å². The standard InChI is InChI=1S/C16H28O2/c1-3-4-5-6-7-8-9-10-11-12-13-14-15-18-16(2)17/h6-7,13-14H,3-5,8-12,15H2,1-2H3/b7-6+,14-13+. The molecule has 0 aliphatic carbocycles. The summed E-state index contributed by atoms with van der Waals surface area (Å²) in [6.07, 6.45) is 18.5. The van der Waals surface area contributed by atoms with Crippen molar-refractivity contribution < 1.29 is 9.53 Å².